The molecule has 0 radical (unpaired) electrons. The van der Waals surface area contributed by atoms with Gasteiger partial charge in [-0.25, -0.2) is 4.98 Å². The average Bonchev–Trinajstić information content (AvgIpc) is 2.38. The van der Waals surface area contributed by atoms with Crippen LogP contribution in [0.15, 0.2) is 41.7 Å². The lowest BCUT2D eigenvalue weighted by atomic mass is 10.2. The van der Waals surface area contributed by atoms with E-state index in [1.807, 2.05) is 30.3 Å². The van der Waals surface area contributed by atoms with Gasteiger partial charge < -0.3 is 5.11 Å². The van der Waals surface area contributed by atoms with Crippen LogP contribution in [0.1, 0.15) is 0 Å². The zero-order valence-corrected chi connectivity index (χ0v) is 9.59. The largest absolute Gasteiger partial charge is 0.481 e. The Morgan fingerprint density at radius 2 is 2.06 bits per heavy atom. The van der Waals surface area contributed by atoms with Gasteiger partial charge >= 0.3 is 5.97 Å². The minimum absolute atomic E-state index is 0.0695. The Bertz CT molecular complexity index is 519. The van der Waals surface area contributed by atoms with Crippen LogP contribution < -0.4 is 0 Å². The molecule has 0 saturated carbocycles. The van der Waals surface area contributed by atoms with Crippen molar-refractivity contribution in [3.8, 4) is 11.3 Å². The first-order valence-electron chi connectivity index (χ1n) is 4.85. The quantitative estimate of drug-likeness (QED) is 0.829. The molecule has 1 aromatic carbocycles. The highest BCUT2D eigenvalue weighted by molar-refractivity contribution is 7.99. The molecule has 1 heterocycles. The molecule has 0 amide bonds. The molecule has 1 aromatic heterocycles. The number of rotatable bonds is 4. The molecule has 0 atom stereocenters. The summed E-state index contributed by atoms with van der Waals surface area (Å²) in [5.74, 6) is -0.969. The molecule has 86 valence electrons. The number of hydrogen-bond acceptors (Lipinski definition) is 5. The first kappa shape index (κ1) is 11.5. The van der Waals surface area contributed by atoms with E-state index < -0.39 is 5.97 Å². The number of carboxylic acid groups (broad SMARTS) is 1. The van der Waals surface area contributed by atoms with Crippen molar-refractivity contribution >= 4 is 17.7 Å². The van der Waals surface area contributed by atoms with E-state index in [4.69, 9.17) is 5.11 Å². The van der Waals surface area contributed by atoms with Crippen molar-refractivity contribution in [2.45, 2.75) is 5.16 Å². The Hall–Kier alpha value is -1.95. The van der Waals surface area contributed by atoms with E-state index in [0.29, 0.717) is 10.9 Å². The fraction of sp³-hybridized carbons (Fsp3) is 0.0909. The molecule has 6 heteroatoms. The van der Waals surface area contributed by atoms with Crippen LogP contribution in [0.25, 0.3) is 11.3 Å². The maximum Gasteiger partial charge on any atom is 0.313 e. The van der Waals surface area contributed by atoms with Gasteiger partial charge in [-0.1, -0.05) is 42.1 Å². The molecule has 0 spiro atoms. The molecule has 0 fully saturated rings. The SMILES string of the molecule is O=C(O)CSc1nncc(-c2ccccc2)n1. The summed E-state index contributed by atoms with van der Waals surface area (Å²) in [6.07, 6.45) is 1.56. The normalized spacial score (nSPS) is 10.1. The minimum atomic E-state index is -0.899. The lowest BCUT2D eigenvalue weighted by Gasteiger charge is -2.01. The summed E-state index contributed by atoms with van der Waals surface area (Å²) >= 11 is 1.05. The number of aromatic nitrogens is 3. The van der Waals surface area contributed by atoms with Crippen molar-refractivity contribution in [2.75, 3.05) is 5.75 Å². The van der Waals surface area contributed by atoms with Gasteiger partial charge in [-0.3, -0.25) is 4.79 Å². The van der Waals surface area contributed by atoms with E-state index >= 15 is 0 Å². The number of aliphatic carboxylic acids is 1. The highest BCUT2D eigenvalue weighted by atomic mass is 32.2. The van der Waals surface area contributed by atoms with Crippen molar-refractivity contribution in [2.24, 2.45) is 0 Å². The number of thioether (sulfide) groups is 1. The van der Waals surface area contributed by atoms with Crippen molar-refractivity contribution in [1.82, 2.24) is 15.2 Å². The van der Waals surface area contributed by atoms with Crippen LogP contribution in [0.3, 0.4) is 0 Å². The number of carbonyl (C=O) groups is 1. The number of hydrogen-bond donors (Lipinski definition) is 1. The van der Waals surface area contributed by atoms with Gasteiger partial charge in [0.25, 0.3) is 0 Å². The van der Waals surface area contributed by atoms with Gasteiger partial charge in [-0.05, 0) is 0 Å². The Kier molecular flexibility index (Phi) is 3.66. The van der Waals surface area contributed by atoms with Gasteiger partial charge in [0, 0.05) is 5.56 Å². The van der Waals surface area contributed by atoms with E-state index in [2.05, 4.69) is 15.2 Å². The Balaban J connectivity index is 2.20. The highest BCUT2D eigenvalue weighted by Crippen LogP contribution is 2.18. The molecule has 17 heavy (non-hydrogen) atoms. The van der Waals surface area contributed by atoms with Gasteiger partial charge in [0.1, 0.15) is 0 Å². The molecule has 5 nitrogen and oxygen atoms in total. The fourth-order valence-electron chi connectivity index (χ4n) is 1.22. The van der Waals surface area contributed by atoms with Crippen molar-refractivity contribution in [3.05, 3.63) is 36.5 Å². The smallest absolute Gasteiger partial charge is 0.313 e. The minimum Gasteiger partial charge on any atom is -0.481 e. The first-order chi connectivity index (χ1) is 8.25. The van der Waals surface area contributed by atoms with Crippen LogP contribution in [0, 0.1) is 0 Å². The van der Waals surface area contributed by atoms with Gasteiger partial charge in [0.15, 0.2) is 0 Å². The fourth-order valence-corrected chi connectivity index (χ4v) is 1.74. The van der Waals surface area contributed by atoms with Crippen LogP contribution in [0.5, 0.6) is 0 Å². The molecule has 2 aromatic rings. The second-order valence-corrected chi connectivity index (χ2v) is 4.12. The van der Waals surface area contributed by atoms with E-state index in [0.717, 1.165) is 17.3 Å². The number of benzene rings is 1. The Morgan fingerprint density at radius 1 is 1.29 bits per heavy atom. The maximum atomic E-state index is 10.4. The summed E-state index contributed by atoms with van der Waals surface area (Å²) in [7, 11) is 0. The second-order valence-electron chi connectivity index (χ2n) is 3.17. The summed E-state index contributed by atoms with van der Waals surface area (Å²) in [5, 5.41) is 16.5. The summed E-state index contributed by atoms with van der Waals surface area (Å²) in [6.45, 7) is 0. The summed E-state index contributed by atoms with van der Waals surface area (Å²) in [6, 6.07) is 9.55. The van der Waals surface area contributed by atoms with Gasteiger partial charge in [0.05, 0.1) is 17.6 Å². The average molecular weight is 247 g/mol. The molecule has 0 aliphatic rings. The first-order valence-corrected chi connectivity index (χ1v) is 5.84. The Labute approximate surface area is 102 Å². The molecule has 2 rings (SSSR count). The second kappa shape index (κ2) is 5.40. The third kappa shape index (κ3) is 3.25. The van der Waals surface area contributed by atoms with Gasteiger partial charge in [-0.15, -0.1) is 5.10 Å². The lowest BCUT2D eigenvalue weighted by Crippen LogP contribution is -2.00. The molecule has 1 N–H and O–H groups in total. The van der Waals surface area contributed by atoms with E-state index in [-0.39, 0.29) is 5.75 Å². The summed E-state index contributed by atoms with van der Waals surface area (Å²) < 4.78 is 0. The van der Waals surface area contributed by atoms with E-state index in [9.17, 15) is 4.79 Å². The zero-order chi connectivity index (χ0) is 12.1. The standard InChI is InChI=1S/C11H9N3O2S/c15-10(16)7-17-11-13-9(6-12-14-11)8-4-2-1-3-5-8/h1-6H,7H2,(H,15,16). The Morgan fingerprint density at radius 3 is 2.76 bits per heavy atom. The molecule has 0 saturated heterocycles. The van der Waals surface area contributed by atoms with E-state index in [1.54, 1.807) is 6.20 Å². The third-order valence-corrected chi connectivity index (χ3v) is 2.76. The van der Waals surface area contributed by atoms with Crippen LogP contribution >= 0.6 is 11.8 Å². The predicted octanol–water partition coefficient (Wildman–Crippen LogP) is 1.72. The highest BCUT2D eigenvalue weighted by Gasteiger charge is 2.05. The lowest BCUT2D eigenvalue weighted by molar-refractivity contribution is -0.133. The topological polar surface area (TPSA) is 76.0 Å². The maximum absolute atomic E-state index is 10.4. The zero-order valence-electron chi connectivity index (χ0n) is 8.78. The summed E-state index contributed by atoms with van der Waals surface area (Å²) in [4.78, 5) is 14.7. The van der Waals surface area contributed by atoms with Crippen LogP contribution in [0.4, 0.5) is 0 Å². The van der Waals surface area contributed by atoms with Crippen LogP contribution in [0.2, 0.25) is 0 Å². The van der Waals surface area contributed by atoms with E-state index in [1.165, 1.54) is 0 Å². The van der Waals surface area contributed by atoms with Crippen molar-refractivity contribution in [3.63, 3.8) is 0 Å². The summed E-state index contributed by atoms with van der Waals surface area (Å²) in [5.41, 5.74) is 1.62. The van der Waals surface area contributed by atoms with Gasteiger partial charge in [0.2, 0.25) is 5.16 Å². The van der Waals surface area contributed by atoms with Gasteiger partial charge in [-0.2, -0.15) is 5.10 Å². The molecular weight excluding hydrogens is 238 g/mol. The monoisotopic (exact) mass is 247 g/mol. The number of nitrogens with zero attached hydrogens (tertiary/aromatic N) is 3. The molecule has 0 bridgehead atoms. The van der Waals surface area contributed by atoms with Crippen LogP contribution in [-0.4, -0.2) is 32.0 Å². The van der Waals surface area contributed by atoms with Crippen molar-refractivity contribution < 1.29 is 9.90 Å². The van der Waals surface area contributed by atoms with Crippen molar-refractivity contribution in [1.29, 1.82) is 0 Å². The predicted molar refractivity (Wildman–Crippen MR) is 63.6 cm³/mol. The molecule has 0 aliphatic carbocycles. The molecular formula is C11H9N3O2S. The molecule has 0 unspecified atom stereocenters. The van der Waals surface area contributed by atoms with Crippen LogP contribution in [-0.2, 0) is 4.79 Å². The third-order valence-electron chi connectivity index (χ3n) is 1.93. The number of carboxylic acids is 1. The molecule has 0 aliphatic heterocycles.